The van der Waals surface area contributed by atoms with Crippen molar-refractivity contribution in [2.45, 2.75) is 49.7 Å². The largest absolute Gasteiger partial charge is 0.386 e. The van der Waals surface area contributed by atoms with Gasteiger partial charge in [-0.05, 0) is 18.4 Å². The van der Waals surface area contributed by atoms with Gasteiger partial charge in [0.2, 0.25) is 0 Å². The summed E-state index contributed by atoms with van der Waals surface area (Å²) in [6, 6.07) is 10.2. The Morgan fingerprint density at radius 2 is 1.53 bits per heavy atom. The predicted molar refractivity (Wildman–Crippen MR) is 66.7 cm³/mol. The Kier molecular flexibility index (Phi) is 2.72. The average Bonchev–Trinajstić information content (AvgIpc) is 3.16. The minimum Gasteiger partial charge on any atom is -0.386 e. The van der Waals surface area contributed by atoms with Crippen LogP contribution in [0.4, 0.5) is 0 Å². The van der Waals surface area contributed by atoms with Gasteiger partial charge in [0.25, 0.3) is 0 Å². The smallest absolute Gasteiger partial charge is 0.145 e. The molecule has 1 aromatic rings. The highest BCUT2D eigenvalue weighted by atomic mass is 16.6. The van der Waals surface area contributed by atoms with Gasteiger partial charge in [0.15, 0.2) is 0 Å². The molecule has 3 rings (SSSR count). The van der Waals surface area contributed by atoms with Crippen molar-refractivity contribution < 1.29 is 9.84 Å². The molecule has 0 bridgehead atoms. The highest BCUT2D eigenvalue weighted by Crippen LogP contribution is 2.52. The fraction of sp³-hybridized carbons (Fsp3) is 0.600. The van der Waals surface area contributed by atoms with Crippen LogP contribution in [-0.2, 0) is 10.3 Å². The number of hydrogen-bond acceptors (Lipinski definition) is 2. The second-order valence-corrected chi connectivity index (χ2v) is 5.43. The summed E-state index contributed by atoms with van der Waals surface area (Å²) in [7, 11) is 0. The zero-order valence-corrected chi connectivity index (χ0v) is 10.2. The third-order valence-electron chi connectivity index (χ3n) is 4.36. The number of ether oxygens (including phenoxy) is 1. The van der Waals surface area contributed by atoms with E-state index >= 15 is 0 Å². The van der Waals surface area contributed by atoms with E-state index in [0.29, 0.717) is 6.61 Å². The number of epoxide rings is 1. The van der Waals surface area contributed by atoms with Crippen LogP contribution in [-0.4, -0.2) is 17.3 Å². The Hall–Kier alpha value is -0.860. The van der Waals surface area contributed by atoms with Gasteiger partial charge >= 0.3 is 0 Å². The SMILES string of the molecule is OC1([C@]2(c3ccccc3)CO2)CCCCCC1. The van der Waals surface area contributed by atoms with Crippen molar-refractivity contribution in [3.63, 3.8) is 0 Å². The fourth-order valence-corrected chi connectivity index (χ4v) is 3.20. The molecule has 1 saturated heterocycles. The highest BCUT2D eigenvalue weighted by molar-refractivity contribution is 5.31. The number of hydrogen-bond donors (Lipinski definition) is 1. The Morgan fingerprint density at radius 1 is 0.941 bits per heavy atom. The van der Waals surface area contributed by atoms with Gasteiger partial charge in [-0.2, -0.15) is 0 Å². The molecule has 1 N–H and O–H groups in total. The molecular formula is C15H20O2. The van der Waals surface area contributed by atoms with E-state index in [1.54, 1.807) is 0 Å². The monoisotopic (exact) mass is 232 g/mol. The van der Waals surface area contributed by atoms with E-state index in [-0.39, 0.29) is 0 Å². The van der Waals surface area contributed by atoms with Gasteiger partial charge < -0.3 is 9.84 Å². The maximum absolute atomic E-state index is 11.0. The van der Waals surface area contributed by atoms with Crippen LogP contribution in [0.2, 0.25) is 0 Å². The van der Waals surface area contributed by atoms with E-state index in [4.69, 9.17) is 4.74 Å². The van der Waals surface area contributed by atoms with E-state index in [2.05, 4.69) is 12.1 Å². The Labute approximate surface area is 103 Å². The van der Waals surface area contributed by atoms with Crippen molar-refractivity contribution >= 4 is 0 Å². The maximum atomic E-state index is 11.0. The molecule has 1 atom stereocenters. The molecule has 17 heavy (non-hydrogen) atoms. The van der Waals surface area contributed by atoms with Gasteiger partial charge in [-0.15, -0.1) is 0 Å². The lowest BCUT2D eigenvalue weighted by Crippen LogP contribution is -2.43. The Bertz CT molecular complexity index is 373. The van der Waals surface area contributed by atoms with Crippen molar-refractivity contribution in [3.8, 4) is 0 Å². The van der Waals surface area contributed by atoms with Crippen LogP contribution in [0.5, 0.6) is 0 Å². The van der Waals surface area contributed by atoms with Gasteiger partial charge in [-0.3, -0.25) is 0 Å². The molecule has 0 unspecified atom stereocenters. The minimum absolute atomic E-state index is 0.404. The average molecular weight is 232 g/mol. The molecule has 2 heteroatoms. The van der Waals surface area contributed by atoms with Crippen molar-refractivity contribution in [1.29, 1.82) is 0 Å². The first-order valence-corrected chi connectivity index (χ1v) is 6.69. The van der Waals surface area contributed by atoms with Crippen molar-refractivity contribution in [2.24, 2.45) is 0 Å². The summed E-state index contributed by atoms with van der Waals surface area (Å²) in [6.45, 7) is 0.674. The second-order valence-electron chi connectivity index (χ2n) is 5.43. The van der Waals surface area contributed by atoms with E-state index in [1.807, 2.05) is 18.2 Å². The third kappa shape index (κ3) is 1.80. The van der Waals surface area contributed by atoms with Gasteiger partial charge in [0.05, 0.1) is 6.61 Å². The first-order valence-electron chi connectivity index (χ1n) is 6.69. The molecule has 2 aliphatic rings. The molecule has 2 fully saturated rings. The van der Waals surface area contributed by atoms with Gasteiger partial charge in [-0.1, -0.05) is 56.0 Å². The molecular weight excluding hydrogens is 212 g/mol. The molecule has 92 valence electrons. The van der Waals surface area contributed by atoms with Gasteiger partial charge in [0.1, 0.15) is 11.2 Å². The highest BCUT2D eigenvalue weighted by Gasteiger charge is 2.61. The molecule has 1 aliphatic carbocycles. The van der Waals surface area contributed by atoms with E-state index < -0.39 is 11.2 Å². The molecule has 1 heterocycles. The van der Waals surface area contributed by atoms with Crippen molar-refractivity contribution in [3.05, 3.63) is 35.9 Å². The molecule has 1 aromatic carbocycles. The normalized spacial score (nSPS) is 31.8. The predicted octanol–water partition coefficient (Wildman–Crippen LogP) is 3.00. The topological polar surface area (TPSA) is 32.8 Å². The van der Waals surface area contributed by atoms with Crippen LogP contribution in [0.1, 0.15) is 44.1 Å². The summed E-state index contributed by atoms with van der Waals surface area (Å²) in [5, 5.41) is 11.0. The van der Waals surface area contributed by atoms with E-state index in [0.717, 1.165) is 31.2 Å². The van der Waals surface area contributed by atoms with E-state index in [1.165, 1.54) is 12.8 Å². The number of aliphatic hydroxyl groups is 1. The fourth-order valence-electron chi connectivity index (χ4n) is 3.20. The number of rotatable bonds is 2. The van der Waals surface area contributed by atoms with Crippen LogP contribution in [0.3, 0.4) is 0 Å². The Morgan fingerprint density at radius 3 is 2.06 bits per heavy atom. The lowest BCUT2D eigenvalue weighted by Gasteiger charge is -2.33. The minimum atomic E-state index is -0.648. The molecule has 0 aromatic heterocycles. The zero-order valence-electron chi connectivity index (χ0n) is 10.2. The van der Waals surface area contributed by atoms with Crippen LogP contribution < -0.4 is 0 Å². The molecule has 0 radical (unpaired) electrons. The lowest BCUT2D eigenvalue weighted by molar-refractivity contribution is -0.0529. The third-order valence-corrected chi connectivity index (χ3v) is 4.36. The van der Waals surface area contributed by atoms with Crippen molar-refractivity contribution in [2.75, 3.05) is 6.61 Å². The first-order chi connectivity index (χ1) is 8.27. The van der Waals surface area contributed by atoms with Crippen LogP contribution in [0, 0.1) is 0 Å². The van der Waals surface area contributed by atoms with Crippen LogP contribution in [0.15, 0.2) is 30.3 Å². The summed E-state index contributed by atoms with van der Waals surface area (Å²) in [5.74, 6) is 0. The summed E-state index contributed by atoms with van der Waals surface area (Å²) < 4.78 is 5.73. The number of benzene rings is 1. The molecule has 2 nitrogen and oxygen atoms in total. The molecule has 0 amide bonds. The molecule has 1 aliphatic heterocycles. The molecule has 0 spiro atoms. The lowest BCUT2D eigenvalue weighted by atomic mass is 9.77. The summed E-state index contributed by atoms with van der Waals surface area (Å²) in [4.78, 5) is 0. The van der Waals surface area contributed by atoms with Crippen LogP contribution in [0.25, 0.3) is 0 Å². The second kappa shape index (κ2) is 4.11. The summed E-state index contributed by atoms with van der Waals surface area (Å²) in [6.07, 6.45) is 6.48. The maximum Gasteiger partial charge on any atom is 0.145 e. The zero-order chi connectivity index (χ0) is 11.8. The summed E-state index contributed by atoms with van der Waals surface area (Å²) in [5.41, 5.74) is 0.0908. The van der Waals surface area contributed by atoms with Crippen molar-refractivity contribution in [1.82, 2.24) is 0 Å². The van der Waals surface area contributed by atoms with Gasteiger partial charge in [0, 0.05) is 0 Å². The van der Waals surface area contributed by atoms with E-state index in [9.17, 15) is 5.11 Å². The summed E-state index contributed by atoms with van der Waals surface area (Å²) >= 11 is 0. The van der Waals surface area contributed by atoms with Crippen LogP contribution >= 0.6 is 0 Å². The quantitative estimate of drug-likeness (QED) is 0.628. The molecule has 1 saturated carbocycles. The Balaban J connectivity index is 1.92. The van der Waals surface area contributed by atoms with Gasteiger partial charge in [-0.25, -0.2) is 0 Å². The standard InChI is InChI=1S/C15H20O2/c16-14(10-6-1-2-7-11-14)15(12-17-15)13-8-4-3-5-9-13/h3-5,8-9,16H,1-2,6-7,10-12H2/t15-/m1/s1. The first kappa shape index (κ1) is 11.2.